The third kappa shape index (κ3) is 2.88. The van der Waals surface area contributed by atoms with Crippen molar-refractivity contribution in [2.24, 2.45) is 12.8 Å². The molecule has 0 bridgehead atoms. The molecule has 0 fully saturated rings. The van der Waals surface area contributed by atoms with E-state index < -0.39 is 5.54 Å². The van der Waals surface area contributed by atoms with Crippen molar-refractivity contribution >= 4 is 5.91 Å². The molecule has 0 unspecified atom stereocenters. The molecule has 0 aliphatic carbocycles. The van der Waals surface area contributed by atoms with Gasteiger partial charge in [-0.1, -0.05) is 0 Å². The van der Waals surface area contributed by atoms with Crippen LogP contribution in [0.15, 0.2) is 16.8 Å². The predicted molar refractivity (Wildman–Crippen MR) is 74.0 cm³/mol. The zero-order valence-corrected chi connectivity index (χ0v) is 12.1. The van der Waals surface area contributed by atoms with Crippen molar-refractivity contribution in [1.82, 2.24) is 20.1 Å². The van der Waals surface area contributed by atoms with E-state index in [0.717, 1.165) is 5.56 Å². The minimum absolute atomic E-state index is 0.269. The second kappa shape index (κ2) is 5.09. The SMILES string of the molecule is Cc1oc(-c2cnn(C)c2)nc1C(=O)NC(C)(C)CN. The van der Waals surface area contributed by atoms with Crippen LogP contribution in [0, 0.1) is 6.92 Å². The van der Waals surface area contributed by atoms with Gasteiger partial charge in [-0.15, -0.1) is 0 Å². The smallest absolute Gasteiger partial charge is 0.273 e. The molecule has 0 radical (unpaired) electrons. The van der Waals surface area contributed by atoms with Crippen LogP contribution in [-0.2, 0) is 7.05 Å². The maximum atomic E-state index is 12.2. The molecule has 0 spiro atoms. The summed E-state index contributed by atoms with van der Waals surface area (Å²) in [6.07, 6.45) is 3.41. The highest BCUT2D eigenvalue weighted by atomic mass is 16.4. The van der Waals surface area contributed by atoms with Crippen molar-refractivity contribution in [1.29, 1.82) is 0 Å². The summed E-state index contributed by atoms with van der Waals surface area (Å²) in [5.74, 6) is 0.553. The summed E-state index contributed by atoms with van der Waals surface area (Å²) in [5.41, 5.74) is 6.11. The first-order chi connectivity index (χ1) is 9.32. The van der Waals surface area contributed by atoms with Gasteiger partial charge in [0.15, 0.2) is 5.69 Å². The van der Waals surface area contributed by atoms with E-state index >= 15 is 0 Å². The predicted octanol–water partition coefficient (Wildman–Crippen LogP) is 0.851. The highest BCUT2D eigenvalue weighted by Crippen LogP contribution is 2.21. The van der Waals surface area contributed by atoms with Crippen LogP contribution in [0.3, 0.4) is 0 Å². The molecule has 7 nitrogen and oxygen atoms in total. The molecular formula is C13H19N5O2. The molecule has 7 heteroatoms. The summed E-state index contributed by atoms with van der Waals surface area (Å²) in [6.45, 7) is 5.74. The monoisotopic (exact) mass is 277 g/mol. The van der Waals surface area contributed by atoms with Crippen molar-refractivity contribution in [2.75, 3.05) is 6.54 Å². The molecular weight excluding hydrogens is 258 g/mol. The number of nitrogens with two attached hydrogens (primary N) is 1. The number of nitrogens with one attached hydrogen (secondary N) is 1. The van der Waals surface area contributed by atoms with E-state index in [2.05, 4.69) is 15.4 Å². The van der Waals surface area contributed by atoms with Gasteiger partial charge in [0.1, 0.15) is 5.76 Å². The molecule has 2 aromatic heterocycles. The number of hydrogen-bond donors (Lipinski definition) is 2. The van der Waals surface area contributed by atoms with E-state index in [0.29, 0.717) is 18.2 Å². The van der Waals surface area contributed by atoms with Crippen LogP contribution in [0.4, 0.5) is 0 Å². The number of oxazole rings is 1. The maximum Gasteiger partial charge on any atom is 0.273 e. The quantitative estimate of drug-likeness (QED) is 0.863. The van der Waals surface area contributed by atoms with Gasteiger partial charge in [0.2, 0.25) is 5.89 Å². The third-order valence-electron chi connectivity index (χ3n) is 2.93. The number of rotatable bonds is 4. The second-order valence-electron chi connectivity index (χ2n) is 5.37. The molecule has 0 saturated heterocycles. The lowest BCUT2D eigenvalue weighted by Gasteiger charge is -2.23. The minimum Gasteiger partial charge on any atom is -0.440 e. The molecule has 0 aliphatic heterocycles. The number of aryl methyl sites for hydroxylation is 2. The van der Waals surface area contributed by atoms with Crippen molar-refractivity contribution in [2.45, 2.75) is 26.3 Å². The summed E-state index contributed by atoms with van der Waals surface area (Å²) in [7, 11) is 1.80. The Hall–Kier alpha value is -2.15. The Balaban J connectivity index is 2.26. The van der Waals surface area contributed by atoms with Gasteiger partial charge >= 0.3 is 0 Å². The summed E-state index contributed by atoms with van der Waals surface area (Å²) >= 11 is 0. The van der Waals surface area contributed by atoms with Gasteiger partial charge in [-0.3, -0.25) is 9.48 Å². The Morgan fingerprint density at radius 1 is 1.55 bits per heavy atom. The van der Waals surface area contributed by atoms with E-state index in [4.69, 9.17) is 10.2 Å². The van der Waals surface area contributed by atoms with E-state index in [1.54, 1.807) is 31.0 Å². The maximum absolute atomic E-state index is 12.2. The molecule has 1 amide bonds. The molecule has 20 heavy (non-hydrogen) atoms. The highest BCUT2D eigenvalue weighted by Gasteiger charge is 2.24. The van der Waals surface area contributed by atoms with Crippen LogP contribution in [0.1, 0.15) is 30.1 Å². The van der Waals surface area contributed by atoms with Crippen LogP contribution in [0.25, 0.3) is 11.5 Å². The Morgan fingerprint density at radius 3 is 2.80 bits per heavy atom. The molecule has 2 aromatic rings. The van der Waals surface area contributed by atoms with Gasteiger partial charge < -0.3 is 15.5 Å². The topological polar surface area (TPSA) is 99.0 Å². The summed E-state index contributed by atoms with van der Waals surface area (Å²) in [4.78, 5) is 16.4. The first-order valence-corrected chi connectivity index (χ1v) is 6.31. The Labute approximate surface area is 117 Å². The highest BCUT2D eigenvalue weighted by molar-refractivity contribution is 5.94. The molecule has 0 aliphatic rings. The molecule has 2 heterocycles. The summed E-state index contributed by atoms with van der Waals surface area (Å²) in [5, 5.41) is 6.87. The van der Waals surface area contributed by atoms with Crippen molar-refractivity contribution in [3.8, 4) is 11.5 Å². The third-order valence-corrected chi connectivity index (χ3v) is 2.93. The van der Waals surface area contributed by atoms with Crippen LogP contribution < -0.4 is 11.1 Å². The number of carbonyl (C=O) groups excluding carboxylic acids is 1. The number of hydrogen-bond acceptors (Lipinski definition) is 5. The molecule has 2 rings (SSSR count). The second-order valence-corrected chi connectivity index (χ2v) is 5.37. The van der Waals surface area contributed by atoms with Gasteiger partial charge in [0.05, 0.1) is 11.8 Å². The van der Waals surface area contributed by atoms with Crippen molar-refractivity contribution in [3.63, 3.8) is 0 Å². The normalized spacial score (nSPS) is 11.7. The Kier molecular flexibility index (Phi) is 3.63. The fourth-order valence-corrected chi connectivity index (χ4v) is 1.68. The number of aromatic nitrogens is 3. The Bertz CT molecular complexity index is 626. The van der Waals surface area contributed by atoms with Gasteiger partial charge in [-0.25, -0.2) is 4.98 Å². The summed E-state index contributed by atoms with van der Waals surface area (Å²) in [6, 6.07) is 0. The molecule has 3 N–H and O–H groups in total. The Morgan fingerprint density at radius 2 is 2.25 bits per heavy atom. The first kappa shape index (κ1) is 14.3. The lowest BCUT2D eigenvalue weighted by atomic mass is 10.1. The average Bonchev–Trinajstić information content (AvgIpc) is 2.95. The first-order valence-electron chi connectivity index (χ1n) is 6.31. The van der Waals surface area contributed by atoms with Gasteiger partial charge in [0.25, 0.3) is 5.91 Å². The van der Waals surface area contributed by atoms with E-state index in [-0.39, 0.29) is 11.6 Å². The van der Waals surface area contributed by atoms with Crippen molar-refractivity contribution in [3.05, 3.63) is 23.8 Å². The standard InChI is InChI=1S/C13H19N5O2/c1-8-10(11(19)17-13(2,3)7-14)16-12(20-8)9-5-15-18(4)6-9/h5-6H,7,14H2,1-4H3,(H,17,19). The van der Waals surface area contributed by atoms with Gasteiger partial charge in [-0.2, -0.15) is 5.10 Å². The van der Waals surface area contributed by atoms with Crippen LogP contribution >= 0.6 is 0 Å². The summed E-state index contributed by atoms with van der Waals surface area (Å²) < 4.78 is 7.17. The molecule has 108 valence electrons. The van der Waals surface area contributed by atoms with Crippen LogP contribution in [-0.4, -0.2) is 32.8 Å². The number of nitrogens with zero attached hydrogens (tertiary/aromatic N) is 3. The number of carbonyl (C=O) groups is 1. The largest absolute Gasteiger partial charge is 0.440 e. The minimum atomic E-state index is -0.489. The van der Waals surface area contributed by atoms with Gasteiger partial charge in [-0.05, 0) is 20.8 Å². The fraction of sp³-hybridized carbons (Fsp3) is 0.462. The molecule has 0 atom stereocenters. The van der Waals surface area contributed by atoms with Crippen LogP contribution in [0.5, 0.6) is 0 Å². The van der Waals surface area contributed by atoms with Gasteiger partial charge in [0, 0.05) is 25.3 Å². The zero-order chi connectivity index (χ0) is 14.9. The fourth-order valence-electron chi connectivity index (χ4n) is 1.68. The zero-order valence-electron chi connectivity index (χ0n) is 12.1. The van der Waals surface area contributed by atoms with E-state index in [9.17, 15) is 4.79 Å². The lowest BCUT2D eigenvalue weighted by Crippen LogP contribution is -2.49. The van der Waals surface area contributed by atoms with Crippen LogP contribution in [0.2, 0.25) is 0 Å². The molecule has 0 saturated carbocycles. The molecule has 0 aromatic carbocycles. The van der Waals surface area contributed by atoms with E-state index in [1.165, 1.54) is 0 Å². The lowest BCUT2D eigenvalue weighted by molar-refractivity contribution is 0.0909. The average molecular weight is 277 g/mol. The van der Waals surface area contributed by atoms with E-state index in [1.807, 2.05) is 13.8 Å². The number of amides is 1. The van der Waals surface area contributed by atoms with Crippen molar-refractivity contribution < 1.29 is 9.21 Å².